The Kier molecular flexibility index (Phi) is 6.36. The van der Waals surface area contributed by atoms with Crippen LogP contribution >= 0.6 is 24.0 Å². The Morgan fingerprint density at radius 3 is 1.96 bits per heavy atom. The second kappa shape index (κ2) is 8.49. The second-order valence-electron chi connectivity index (χ2n) is 5.19. The Hall–Kier alpha value is -2.35. The highest BCUT2D eigenvalue weighted by atomic mass is 35.5. The largest absolute Gasteiger partial charge is 0.289 e. The fraction of sp³-hybridized carbons (Fsp3) is 0. The van der Waals surface area contributed by atoms with Crippen LogP contribution < -0.4 is 0 Å². The highest BCUT2D eigenvalue weighted by Gasteiger charge is 2.01. The van der Waals surface area contributed by atoms with E-state index in [1.807, 2.05) is 36.4 Å². The van der Waals surface area contributed by atoms with Crippen LogP contribution in [0.15, 0.2) is 84.9 Å². The molecule has 0 aliphatic carbocycles. The van der Waals surface area contributed by atoms with E-state index in [2.05, 4.69) is 24.3 Å². The molecule has 120 valence electrons. The molecule has 3 aromatic rings. The van der Waals surface area contributed by atoms with Crippen molar-refractivity contribution in [2.24, 2.45) is 0 Å². The van der Waals surface area contributed by atoms with Crippen molar-refractivity contribution >= 4 is 35.9 Å². The second-order valence-corrected chi connectivity index (χ2v) is 5.63. The number of carbonyl (C=O) groups excluding carboxylic acids is 1. The fourth-order valence-electron chi connectivity index (χ4n) is 2.30. The normalized spacial score (nSPS) is 10.4. The average Bonchev–Trinajstić information content (AvgIpc) is 2.61. The lowest BCUT2D eigenvalue weighted by molar-refractivity contribution is 0.104. The lowest BCUT2D eigenvalue weighted by atomic mass is 10.0. The molecule has 0 radical (unpaired) electrons. The van der Waals surface area contributed by atoms with Crippen LogP contribution in [-0.2, 0) is 0 Å². The molecule has 0 fully saturated rings. The molecule has 0 aliphatic rings. The molecule has 1 nitrogen and oxygen atoms in total. The number of allylic oxidation sites excluding steroid dienone is 1. The first-order valence-corrected chi connectivity index (χ1v) is 7.74. The molecule has 0 bridgehead atoms. The summed E-state index contributed by atoms with van der Waals surface area (Å²) >= 11 is 5.83. The van der Waals surface area contributed by atoms with E-state index in [-0.39, 0.29) is 18.2 Å². The molecule has 3 rings (SSSR count). The van der Waals surface area contributed by atoms with Crippen LogP contribution in [0.25, 0.3) is 17.2 Å². The maximum atomic E-state index is 12.1. The summed E-state index contributed by atoms with van der Waals surface area (Å²) in [6.07, 6.45) is 3.41. The van der Waals surface area contributed by atoms with Crippen molar-refractivity contribution in [2.45, 2.75) is 0 Å². The molecular weight excluding hydrogens is 339 g/mol. The first-order chi connectivity index (χ1) is 11.2. The van der Waals surface area contributed by atoms with Crippen LogP contribution in [0.3, 0.4) is 0 Å². The average molecular weight is 355 g/mol. The Bertz CT molecular complexity index is 820. The minimum atomic E-state index is -0.0335. The Morgan fingerprint density at radius 2 is 1.33 bits per heavy atom. The molecule has 24 heavy (non-hydrogen) atoms. The quantitative estimate of drug-likeness (QED) is 0.395. The van der Waals surface area contributed by atoms with Crippen LogP contribution in [0.5, 0.6) is 0 Å². The van der Waals surface area contributed by atoms with Crippen molar-refractivity contribution in [2.75, 3.05) is 0 Å². The third kappa shape index (κ3) is 4.58. The van der Waals surface area contributed by atoms with Gasteiger partial charge in [0.2, 0.25) is 0 Å². The molecule has 3 aromatic carbocycles. The molecule has 0 spiro atoms. The molecule has 0 atom stereocenters. The smallest absolute Gasteiger partial charge is 0.185 e. The predicted molar refractivity (Wildman–Crippen MR) is 104 cm³/mol. The zero-order valence-electron chi connectivity index (χ0n) is 12.9. The van der Waals surface area contributed by atoms with E-state index in [1.54, 1.807) is 30.3 Å². The maximum absolute atomic E-state index is 12.1. The molecule has 0 amide bonds. The lowest BCUT2D eigenvalue weighted by Gasteiger charge is -2.02. The van der Waals surface area contributed by atoms with Crippen molar-refractivity contribution in [3.8, 4) is 11.1 Å². The summed E-state index contributed by atoms with van der Waals surface area (Å²) < 4.78 is 0. The van der Waals surface area contributed by atoms with Crippen LogP contribution in [0, 0.1) is 0 Å². The van der Waals surface area contributed by atoms with Gasteiger partial charge in [0.25, 0.3) is 0 Å². The Balaban J connectivity index is 0.00000208. The summed E-state index contributed by atoms with van der Waals surface area (Å²) in [6.45, 7) is 0. The maximum Gasteiger partial charge on any atom is 0.185 e. The number of hydrogen-bond acceptors (Lipinski definition) is 1. The third-order valence-corrected chi connectivity index (χ3v) is 3.83. The van der Waals surface area contributed by atoms with Gasteiger partial charge in [-0.3, -0.25) is 4.79 Å². The number of hydrogen-bond donors (Lipinski definition) is 0. The van der Waals surface area contributed by atoms with Gasteiger partial charge in [0.15, 0.2) is 5.78 Å². The minimum absolute atomic E-state index is 0. The number of carbonyl (C=O) groups is 1. The number of ketones is 1. The number of halogens is 2. The molecule has 3 heteroatoms. The van der Waals surface area contributed by atoms with Gasteiger partial charge in [0.05, 0.1) is 0 Å². The molecule has 0 aromatic heterocycles. The SMILES string of the molecule is Cl.O=C(/C=C/c1ccc(-c2ccccc2)cc1)c1ccc(Cl)cc1. The molecule has 0 saturated heterocycles. The fourth-order valence-corrected chi connectivity index (χ4v) is 2.43. The first-order valence-electron chi connectivity index (χ1n) is 7.36. The molecule has 0 heterocycles. The van der Waals surface area contributed by atoms with Gasteiger partial charge in [-0.15, -0.1) is 12.4 Å². The van der Waals surface area contributed by atoms with E-state index >= 15 is 0 Å². The van der Waals surface area contributed by atoms with Crippen molar-refractivity contribution in [1.82, 2.24) is 0 Å². The Labute approximate surface area is 153 Å². The van der Waals surface area contributed by atoms with Crippen LogP contribution in [0.1, 0.15) is 15.9 Å². The molecule has 0 unspecified atom stereocenters. The lowest BCUT2D eigenvalue weighted by Crippen LogP contribution is -1.93. The number of benzene rings is 3. The minimum Gasteiger partial charge on any atom is -0.289 e. The number of rotatable bonds is 4. The van der Waals surface area contributed by atoms with E-state index in [0.717, 1.165) is 11.1 Å². The van der Waals surface area contributed by atoms with Crippen molar-refractivity contribution in [1.29, 1.82) is 0 Å². The van der Waals surface area contributed by atoms with E-state index in [9.17, 15) is 4.79 Å². The van der Waals surface area contributed by atoms with Gasteiger partial charge in [0, 0.05) is 10.6 Å². The van der Waals surface area contributed by atoms with Crippen molar-refractivity contribution in [3.63, 3.8) is 0 Å². The van der Waals surface area contributed by atoms with Crippen LogP contribution in [0.4, 0.5) is 0 Å². The van der Waals surface area contributed by atoms with Crippen LogP contribution in [-0.4, -0.2) is 5.78 Å². The molecule has 0 aliphatic heterocycles. The van der Waals surface area contributed by atoms with Gasteiger partial charge in [-0.2, -0.15) is 0 Å². The monoisotopic (exact) mass is 354 g/mol. The van der Waals surface area contributed by atoms with Gasteiger partial charge < -0.3 is 0 Å². The van der Waals surface area contributed by atoms with Gasteiger partial charge in [-0.25, -0.2) is 0 Å². The topological polar surface area (TPSA) is 17.1 Å². The summed E-state index contributed by atoms with van der Waals surface area (Å²) in [4.78, 5) is 12.1. The highest BCUT2D eigenvalue weighted by Crippen LogP contribution is 2.19. The summed E-state index contributed by atoms with van der Waals surface area (Å²) in [6, 6.07) is 25.2. The Morgan fingerprint density at radius 1 is 0.750 bits per heavy atom. The van der Waals surface area contributed by atoms with Crippen LogP contribution in [0.2, 0.25) is 5.02 Å². The van der Waals surface area contributed by atoms with Crippen molar-refractivity contribution < 1.29 is 4.79 Å². The third-order valence-electron chi connectivity index (χ3n) is 3.57. The van der Waals surface area contributed by atoms with Gasteiger partial charge in [-0.05, 0) is 47.0 Å². The summed E-state index contributed by atoms with van der Waals surface area (Å²) in [5.41, 5.74) is 3.96. The summed E-state index contributed by atoms with van der Waals surface area (Å²) in [5, 5.41) is 0.627. The predicted octanol–water partition coefficient (Wildman–Crippen LogP) is 6.32. The molecule has 0 saturated carbocycles. The summed E-state index contributed by atoms with van der Waals surface area (Å²) in [7, 11) is 0. The highest BCUT2D eigenvalue weighted by molar-refractivity contribution is 6.30. The zero-order valence-corrected chi connectivity index (χ0v) is 14.4. The van der Waals surface area contributed by atoms with E-state index in [1.165, 1.54) is 5.56 Å². The summed E-state index contributed by atoms with van der Waals surface area (Å²) in [5.74, 6) is -0.0335. The first kappa shape index (κ1) is 18.0. The van der Waals surface area contributed by atoms with E-state index < -0.39 is 0 Å². The van der Waals surface area contributed by atoms with Gasteiger partial charge >= 0.3 is 0 Å². The van der Waals surface area contributed by atoms with E-state index in [4.69, 9.17) is 11.6 Å². The van der Waals surface area contributed by atoms with Gasteiger partial charge in [0.1, 0.15) is 0 Å². The standard InChI is InChI=1S/C21H15ClO.ClH/c22-20-13-11-19(12-14-20)21(23)15-8-16-6-9-18(10-7-16)17-4-2-1-3-5-17;/h1-15H;1H/b15-8+;. The molecule has 0 N–H and O–H groups in total. The molecular formula is C21H16Cl2O. The van der Waals surface area contributed by atoms with Gasteiger partial charge in [-0.1, -0.05) is 72.3 Å². The van der Waals surface area contributed by atoms with Crippen molar-refractivity contribution in [3.05, 3.63) is 101 Å². The zero-order chi connectivity index (χ0) is 16.1. The van der Waals surface area contributed by atoms with E-state index in [0.29, 0.717) is 10.6 Å².